The van der Waals surface area contributed by atoms with Crippen molar-refractivity contribution in [2.45, 2.75) is 32.1 Å². The van der Waals surface area contributed by atoms with Crippen molar-refractivity contribution >= 4 is 17.3 Å². The Hall–Kier alpha value is -1.75. The van der Waals surface area contributed by atoms with Gasteiger partial charge < -0.3 is 20.3 Å². The fraction of sp³-hybridized carbons (Fsp3) is 0.611. The van der Waals surface area contributed by atoms with Crippen molar-refractivity contribution in [3.05, 3.63) is 23.8 Å². The summed E-state index contributed by atoms with van der Waals surface area (Å²) in [5.74, 6) is 0.215. The van der Waals surface area contributed by atoms with Crippen LogP contribution in [0.2, 0.25) is 0 Å². The van der Waals surface area contributed by atoms with Gasteiger partial charge in [0.1, 0.15) is 0 Å². The Morgan fingerprint density at radius 1 is 1.09 bits per heavy atom. The number of piperidine rings is 1. The molecule has 0 unspecified atom stereocenters. The van der Waals surface area contributed by atoms with Crippen LogP contribution in [0.5, 0.6) is 0 Å². The number of hydrogen-bond donors (Lipinski definition) is 1. The predicted molar refractivity (Wildman–Crippen MR) is 92.6 cm³/mol. The summed E-state index contributed by atoms with van der Waals surface area (Å²) < 4.78 is 5.28. The lowest BCUT2D eigenvalue weighted by Gasteiger charge is -2.30. The van der Waals surface area contributed by atoms with E-state index in [1.54, 1.807) is 0 Å². The Bertz CT molecular complexity index is 535. The molecule has 2 N–H and O–H groups in total. The lowest BCUT2D eigenvalue weighted by Crippen LogP contribution is -2.40. The van der Waals surface area contributed by atoms with E-state index >= 15 is 0 Å². The molecule has 5 nitrogen and oxygen atoms in total. The van der Waals surface area contributed by atoms with E-state index in [1.807, 2.05) is 11.0 Å². The molecule has 0 bridgehead atoms. The molecule has 1 aromatic rings. The number of carbonyl (C=O) groups excluding carboxylic acids is 1. The number of hydrogen-bond acceptors (Lipinski definition) is 4. The molecule has 2 saturated heterocycles. The van der Waals surface area contributed by atoms with Gasteiger partial charge in [0, 0.05) is 32.6 Å². The van der Waals surface area contributed by atoms with Gasteiger partial charge in [0.2, 0.25) is 5.91 Å². The highest BCUT2D eigenvalue weighted by molar-refractivity contribution is 5.77. The number of morpholine rings is 1. The molecule has 1 amide bonds. The Morgan fingerprint density at radius 2 is 1.83 bits per heavy atom. The van der Waals surface area contributed by atoms with Crippen molar-refractivity contribution in [3.8, 4) is 0 Å². The zero-order valence-corrected chi connectivity index (χ0v) is 13.8. The lowest BCUT2D eigenvalue weighted by atomic mass is 10.0. The third-order valence-electron chi connectivity index (χ3n) is 4.78. The number of ether oxygens (including phenoxy) is 1. The number of nitrogens with zero attached hydrogens (tertiary/aromatic N) is 2. The van der Waals surface area contributed by atoms with Crippen LogP contribution in [0.15, 0.2) is 18.2 Å². The molecule has 0 radical (unpaired) electrons. The molecule has 0 aromatic heterocycles. The van der Waals surface area contributed by atoms with Gasteiger partial charge in [0.15, 0.2) is 0 Å². The standard InChI is InChI=1S/C18H27N3O2/c19-16-14-15(4-6-17(16)20-8-2-1-3-9-20)5-7-18(22)21-10-12-23-13-11-21/h4,6,14H,1-3,5,7-13,19H2. The summed E-state index contributed by atoms with van der Waals surface area (Å²) in [4.78, 5) is 16.5. The highest BCUT2D eigenvalue weighted by Crippen LogP contribution is 2.27. The SMILES string of the molecule is Nc1cc(CCC(=O)N2CCOCC2)ccc1N1CCCCC1. The van der Waals surface area contributed by atoms with Gasteiger partial charge in [-0.05, 0) is 43.4 Å². The van der Waals surface area contributed by atoms with Crippen molar-refractivity contribution in [2.24, 2.45) is 0 Å². The summed E-state index contributed by atoms with van der Waals surface area (Å²) in [6, 6.07) is 6.28. The Labute approximate surface area is 138 Å². The normalized spacial score (nSPS) is 19.0. The number of anilines is 2. The van der Waals surface area contributed by atoms with E-state index in [1.165, 1.54) is 19.3 Å². The van der Waals surface area contributed by atoms with Crippen LogP contribution in [0.3, 0.4) is 0 Å². The summed E-state index contributed by atoms with van der Waals surface area (Å²) in [7, 11) is 0. The molecular formula is C18H27N3O2. The first-order chi connectivity index (χ1) is 11.2. The van der Waals surface area contributed by atoms with E-state index in [4.69, 9.17) is 10.5 Å². The number of aryl methyl sites for hydroxylation is 1. The van der Waals surface area contributed by atoms with Gasteiger partial charge >= 0.3 is 0 Å². The van der Waals surface area contributed by atoms with Gasteiger partial charge in [-0.25, -0.2) is 0 Å². The van der Waals surface area contributed by atoms with E-state index in [9.17, 15) is 4.79 Å². The van der Waals surface area contributed by atoms with E-state index in [-0.39, 0.29) is 5.91 Å². The molecule has 126 valence electrons. The number of nitrogen functional groups attached to an aromatic ring is 1. The Balaban J connectivity index is 1.56. The van der Waals surface area contributed by atoms with Gasteiger partial charge in [-0.2, -0.15) is 0 Å². The van der Waals surface area contributed by atoms with Crippen LogP contribution in [0, 0.1) is 0 Å². The van der Waals surface area contributed by atoms with Gasteiger partial charge in [-0.15, -0.1) is 0 Å². The number of rotatable bonds is 4. The summed E-state index contributed by atoms with van der Waals surface area (Å²) >= 11 is 0. The summed E-state index contributed by atoms with van der Waals surface area (Å²) in [6.45, 7) is 4.94. The average Bonchev–Trinajstić information content (AvgIpc) is 2.61. The van der Waals surface area contributed by atoms with Crippen molar-refractivity contribution in [2.75, 3.05) is 50.0 Å². The molecule has 2 aliphatic rings. The number of amides is 1. The van der Waals surface area contributed by atoms with Crippen molar-refractivity contribution in [1.82, 2.24) is 4.90 Å². The predicted octanol–water partition coefficient (Wildman–Crippen LogP) is 2.05. The largest absolute Gasteiger partial charge is 0.397 e. The lowest BCUT2D eigenvalue weighted by molar-refractivity contribution is -0.135. The minimum absolute atomic E-state index is 0.215. The fourth-order valence-corrected chi connectivity index (χ4v) is 3.40. The molecule has 23 heavy (non-hydrogen) atoms. The minimum Gasteiger partial charge on any atom is -0.397 e. The smallest absolute Gasteiger partial charge is 0.223 e. The van der Waals surface area contributed by atoms with Gasteiger partial charge in [-0.3, -0.25) is 4.79 Å². The Kier molecular flexibility index (Phi) is 5.39. The molecule has 2 aliphatic heterocycles. The van der Waals surface area contributed by atoms with E-state index in [0.717, 1.165) is 49.5 Å². The molecule has 0 saturated carbocycles. The summed E-state index contributed by atoms with van der Waals surface area (Å²) in [5, 5.41) is 0. The van der Waals surface area contributed by atoms with Gasteiger partial charge in [0.05, 0.1) is 24.6 Å². The second-order valence-electron chi connectivity index (χ2n) is 6.43. The zero-order chi connectivity index (χ0) is 16.1. The highest BCUT2D eigenvalue weighted by Gasteiger charge is 2.17. The maximum absolute atomic E-state index is 12.2. The van der Waals surface area contributed by atoms with Crippen LogP contribution in [0.4, 0.5) is 11.4 Å². The molecule has 0 spiro atoms. The van der Waals surface area contributed by atoms with E-state index < -0.39 is 0 Å². The molecule has 5 heteroatoms. The Morgan fingerprint density at radius 3 is 2.52 bits per heavy atom. The van der Waals surface area contributed by atoms with Gasteiger partial charge in [0.25, 0.3) is 0 Å². The van der Waals surface area contributed by atoms with Crippen LogP contribution >= 0.6 is 0 Å². The second kappa shape index (κ2) is 7.68. The molecule has 0 atom stereocenters. The number of nitrogens with two attached hydrogens (primary N) is 1. The molecule has 2 heterocycles. The molecular weight excluding hydrogens is 290 g/mol. The monoisotopic (exact) mass is 317 g/mol. The van der Waals surface area contributed by atoms with Crippen LogP contribution in [-0.2, 0) is 16.0 Å². The average molecular weight is 317 g/mol. The summed E-state index contributed by atoms with van der Waals surface area (Å²) in [6.07, 6.45) is 5.10. The summed E-state index contributed by atoms with van der Waals surface area (Å²) in [5.41, 5.74) is 9.37. The molecule has 2 fully saturated rings. The quantitative estimate of drug-likeness (QED) is 0.864. The fourth-order valence-electron chi connectivity index (χ4n) is 3.40. The first kappa shape index (κ1) is 16.1. The highest BCUT2D eigenvalue weighted by atomic mass is 16.5. The van der Waals surface area contributed by atoms with Crippen molar-refractivity contribution in [3.63, 3.8) is 0 Å². The van der Waals surface area contributed by atoms with Crippen LogP contribution in [0.1, 0.15) is 31.2 Å². The van der Waals surface area contributed by atoms with Crippen LogP contribution in [0.25, 0.3) is 0 Å². The second-order valence-corrected chi connectivity index (χ2v) is 6.43. The first-order valence-electron chi connectivity index (χ1n) is 8.73. The minimum atomic E-state index is 0.215. The number of carbonyl (C=O) groups is 1. The van der Waals surface area contributed by atoms with Crippen molar-refractivity contribution in [1.29, 1.82) is 0 Å². The van der Waals surface area contributed by atoms with Crippen molar-refractivity contribution < 1.29 is 9.53 Å². The number of benzene rings is 1. The first-order valence-corrected chi connectivity index (χ1v) is 8.73. The zero-order valence-electron chi connectivity index (χ0n) is 13.8. The third kappa shape index (κ3) is 4.16. The molecule has 0 aliphatic carbocycles. The third-order valence-corrected chi connectivity index (χ3v) is 4.78. The van der Waals surface area contributed by atoms with E-state index in [0.29, 0.717) is 19.6 Å². The van der Waals surface area contributed by atoms with E-state index in [2.05, 4.69) is 17.0 Å². The topological polar surface area (TPSA) is 58.8 Å². The van der Waals surface area contributed by atoms with Crippen LogP contribution < -0.4 is 10.6 Å². The molecule has 3 rings (SSSR count). The molecule has 1 aromatic carbocycles. The maximum Gasteiger partial charge on any atom is 0.223 e. The van der Waals surface area contributed by atoms with Gasteiger partial charge in [-0.1, -0.05) is 6.07 Å². The van der Waals surface area contributed by atoms with Crippen LogP contribution in [-0.4, -0.2) is 50.2 Å². The maximum atomic E-state index is 12.2.